The first kappa shape index (κ1) is 16.1. The summed E-state index contributed by atoms with van der Waals surface area (Å²) in [5.74, 6) is 0.0750. The maximum Gasteiger partial charge on any atom is 0.291 e. The summed E-state index contributed by atoms with van der Waals surface area (Å²) in [5, 5.41) is 16.4. The molecule has 0 spiro atoms. The summed E-state index contributed by atoms with van der Waals surface area (Å²) in [6, 6.07) is 11.1. The largest absolute Gasteiger partial charge is 0.396 e. The van der Waals surface area contributed by atoms with Gasteiger partial charge in [-0.1, -0.05) is 30.3 Å². The van der Waals surface area contributed by atoms with Gasteiger partial charge in [-0.2, -0.15) is 4.98 Å². The molecule has 0 aliphatic heterocycles. The van der Waals surface area contributed by atoms with E-state index in [9.17, 15) is 9.90 Å². The van der Waals surface area contributed by atoms with E-state index in [1.807, 2.05) is 50.2 Å². The predicted molar refractivity (Wildman–Crippen MR) is 88.6 cm³/mol. The third-order valence-electron chi connectivity index (χ3n) is 3.75. The average Bonchev–Trinajstić information content (AvgIpc) is 2.99. The first-order chi connectivity index (χ1) is 11.6. The van der Waals surface area contributed by atoms with Gasteiger partial charge in [0.25, 0.3) is 11.7 Å². The number of nitrogens with one attached hydrogen (secondary N) is 1. The molecule has 2 aromatic heterocycles. The van der Waals surface area contributed by atoms with Gasteiger partial charge in [0, 0.05) is 18.0 Å². The van der Waals surface area contributed by atoms with Crippen molar-refractivity contribution in [1.29, 1.82) is 0 Å². The Morgan fingerprint density at radius 1 is 1.25 bits per heavy atom. The standard InChI is InChI=1S/C17H19N5O2/c1-11-10-12(2)22-17(18-11)20-15(21-22)16(24)19-14(8-9-23)13-6-4-3-5-7-13/h3-7,10,14,23H,8-9H2,1-2H3,(H,19,24). The van der Waals surface area contributed by atoms with Crippen molar-refractivity contribution in [1.82, 2.24) is 24.9 Å². The lowest BCUT2D eigenvalue weighted by Crippen LogP contribution is -2.30. The molecule has 0 aliphatic rings. The molecule has 124 valence electrons. The van der Waals surface area contributed by atoms with Crippen LogP contribution in [0.15, 0.2) is 36.4 Å². The third kappa shape index (κ3) is 3.26. The van der Waals surface area contributed by atoms with Crippen molar-refractivity contribution in [2.24, 2.45) is 0 Å². The first-order valence-corrected chi connectivity index (χ1v) is 7.76. The topological polar surface area (TPSA) is 92.4 Å². The Kier molecular flexibility index (Phi) is 4.52. The molecule has 0 fully saturated rings. The van der Waals surface area contributed by atoms with Crippen molar-refractivity contribution < 1.29 is 9.90 Å². The highest BCUT2D eigenvalue weighted by molar-refractivity contribution is 5.91. The van der Waals surface area contributed by atoms with Crippen LogP contribution in [0.5, 0.6) is 0 Å². The lowest BCUT2D eigenvalue weighted by molar-refractivity contribution is 0.0919. The van der Waals surface area contributed by atoms with E-state index in [-0.39, 0.29) is 24.4 Å². The fraction of sp³-hybridized carbons (Fsp3) is 0.294. The van der Waals surface area contributed by atoms with Gasteiger partial charge < -0.3 is 10.4 Å². The van der Waals surface area contributed by atoms with Gasteiger partial charge in [0.15, 0.2) is 0 Å². The summed E-state index contributed by atoms with van der Waals surface area (Å²) < 4.78 is 1.55. The summed E-state index contributed by atoms with van der Waals surface area (Å²) >= 11 is 0. The van der Waals surface area contributed by atoms with E-state index in [4.69, 9.17) is 0 Å². The van der Waals surface area contributed by atoms with Crippen LogP contribution < -0.4 is 5.32 Å². The number of aliphatic hydroxyl groups is 1. The second kappa shape index (κ2) is 6.76. The SMILES string of the molecule is Cc1cc(C)n2nc(C(=O)NC(CCO)c3ccccc3)nc2n1. The monoisotopic (exact) mass is 325 g/mol. The van der Waals surface area contributed by atoms with Crippen molar-refractivity contribution in [3.63, 3.8) is 0 Å². The van der Waals surface area contributed by atoms with Gasteiger partial charge in [0.1, 0.15) is 0 Å². The highest BCUT2D eigenvalue weighted by atomic mass is 16.3. The molecule has 0 radical (unpaired) electrons. The number of carbonyl (C=O) groups excluding carboxylic acids is 1. The van der Waals surface area contributed by atoms with Crippen LogP contribution in [0.4, 0.5) is 0 Å². The lowest BCUT2D eigenvalue weighted by Gasteiger charge is -2.17. The van der Waals surface area contributed by atoms with E-state index in [1.54, 1.807) is 4.52 Å². The molecule has 3 aromatic rings. The van der Waals surface area contributed by atoms with Crippen LogP contribution in [-0.4, -0.2) is 37.2 Å². The fourth-order valence-corrected chi connectivity index (χ4v) is 2.62. The van der Waals surface area contributed by atoms with Crippen LogP contribution in [0.2, 0.25) is 0 Å². The van der Waals surface area contributed by atoms with Crippen LogP contribution in [0.3, 0.4) is 0 Å². The minimum absolute atomic E-state index is 0.0295. The summed E-state index contributed by atoms with van der Waals surface area (Å²) in [7, 11) is 0. The van der Waals surface area contributed by atoms with Crippen molar-refractivity contribution in [2.75, 3.05) is 6.61 Å². The number of carbonyl (C=O) groups is 1. The molecular formula is C17H19N5O2. The fourth-order valence-electron chi connectivity index (χ4n) is 2.62. The number of hydrogen-bond acceptors (Lipinski definition) is 5. The Morgan fingerprint density at radius 2 is 2.00 bits per heavy atom. The Bertz CT molecular complexity index is 860. The van der Waals surface area contributed by atoms with E-state index in [0.29, 0.717) is 12.2 Å². The third-order valence-corrected chi connectivity index (χ3v) is 3.75. The van der Waals surface area contributed by atoms with Gasteiger partial charge >= 0.3 is 0 Å². The number of benzene rings is 1. The molecule has 7 nitrogen and oxygen atoms in total. The molecular weight excluding hydrogens is 306 g/mol. The maximum atomic E-state index is 12.5. The van der Waals surface area contributed by atoms with Gasteiger partial charge in [-0.3, -0.25) is 4.79 Å². The lowest BCUT2D eigenvalue weighted by atomic mass is 10.0. The molecule has 2 heterocycles. The van der Waals surface area contributed by atoms with Crippen LogP contribution >= 0.6 is 0 Å². The van der Waals surface area contributed by atoms with Gasteiger partial charge in [0.2, 0.25) is 5.82 Å². The van der Waals surface area contributed by atoms with E-state index in [2.05, 4.69) is 20.4 Å². The van der Waals surface area contributed by atoms with E-state index in [0.717, 1.165) is 17.0 Å². The van der Waals surface area contributed by atoms with E-state index in [1.165, 1.54) is 0 Å². The Morgan fingerprint density at radius 3 is 2.71 bits per heavy atom. The molecule has 0 saturated heterocycles. The molecule has 3 rings (SSSR count). The molecule has 1 atom stereocenters. The zero-order valence-electron chi connectivity index (χ0n) is 13.6. The predicted octanol–water partition coefficient (Wildman–Crippen LogP) is 1.59. The summed E-state index contributed by atoms with van der Waals surface area (Å²) in [4.78, 5) is 21.0. The molecule has 2 N–H and O–H groups in total. The van der Waals surface area contributed by atoms with E-state index < -0.39 is 0 Å². The van der Waals surface area contributed by atoms with E-state index >= 15 is 0 Å². The van der Waals surface area contributed by atoms with Crippen LogP contribution in [0.1, 0.15) is 40.0 Å². The Balaban J connectivity index is 1.86. The Labute approximate surface area is 139 Å². The van der Waals surface area contributed by atoms with Crippen LogP contribution in [0.25, 0.3) is 5.78 Å². The van der Waals surface area contributed by atoms with Crippen molar-refractivity contribution in [2.45, 2.75) is 26.3 Å². The molecule has 7 heteroatoms. The normalized spacial score (nSPS) is 12.3. The summed E-state index contributed by atoms with van der Waals surface area (Å²) in [6.45, 7) is 3.73. The molecule has 0 bridgehead atoms. The highest BCUT2D eigenvalue weighted by Crippen LogP contribution is 2.16. The zero-order valence-corrected chi connectivity index (χ0v) is 13.6. The van der Waals surface area contributed by atoms with Crippen LogP contribution in [0, 0.1) is 13.8 Å². The summed E-state index contributed by atoms with van der Waals surface area (Å²) in [5.41, 5.74) is 2.61. The number of aromatic nitrogens is 4. The minimum atomic E-state index is -0.389. The summed E-state index contributed by atoms with van der Waals surface area (Å²) in [6.07, 6.45) is 0.416. The first-order valence-electron chi connectivity index (χ1n) is 7.76. The van der Waals surface area contributed by atoms with Gasteiger partial charge in [-0.05, 0) is 31.9 Å². The highest BCUT2D eigenvalue weighted by Gasteiger charge is 2.19. The Hall–Kier alpha value is -2.80. The molecule has 0 saturated carbocycles. The molecule has 0 aliphatic carbocycles. The zero-order chi connectivity index (χ0) is 17.1. The van der Waals surface area contributed by atoms with Gasteiger partial charge in [-0.25, -0.2) is 9.50 Å². The number of fused-ring (bicyclic) bond motifs is 1. The van der Waals surface area contributed by atoms with Crippen LogP contribution in [-0.2, 0) is 0 Å². The molecule has 1 amide bonds. The average molecular weight is 325 g/mol. The number of aryl methyl sites for hydroxylation is 2. The minimum Gasteiger partial charge on any atom is -0.396 e. The number of aliphatic hydroxyl groups excluding tert-OH is 1. The number of nitrogens with zero attached hydrogens (tertiary/aromatic N) is 4. The molecule has 1 unspecified atom stereocenters. The molecule has 1 aromatic carbocycles. The van der Waals surface area contributed by atoms with Crippen molar-refractivity contribution >= 4 is 11.7 Å². The number of rotatable bonds is 5. The molecule has 24 heavy (non-hydrogen) atoms. The van der Waals surface area contributed by atoms with Crippen molar-refractivity contribution in [3.8, 4) is 0 Å². The van der Waals surface area contributed by atoms with Gasteiger partial charge in [0.05, 0.1) is 6.04 Å². The second-order valence-corrected chi connectivity index (χ2v) is 5.64. The van der Waals surface area contributed by atoms with Gasteiger partial charge in [-0.15, -0.1) is 5.10 Å². The number of hydrogen-bond donors (Lipinski definition) is 2. The number of amides is 1. The van der Waals surface area contributed by atoms with Crippen molar-refractivity contribution in [3.05, 3.63) is 59.2 Å². The maximum absolute atomic E-state index is 12.5. The quantitative estimate of drug-likeness (QED) is 0.743. The smallest absolute Gasteiger partial charge is 0.291 e. The second-order valence-electron chi connectivity index (χ2n) is 5.64.